The first-order valence-corrected chi connectivity index (χ1v) is 8.66. The number of ether oxygens (including phenoxy) is 2. The molecule has 1 aromatic carbocycles. The van der Waals surface area contributed by atoms with Gasteiger partial charge < -0.3 is 20.5 Å². The molecule has 0 bridgehead atoms. The third kappa shape index (κ3) is 6.87. The van der Waals surface area contributed by atoms with E-state index in [1.807, 2.05) is 0 Å². The topological polar surface area (TPSA) is 90.7 Å². The van der Waals surface area contributed by atoms with Crippen LogP contribution in [0.2, 0.25) is 0 Å². The molecule has 1 aliphatic carbocycles. The molecule has 1 unspecified atom stereocenters. The predicted octanol–water partition coefficient (Wildman–Crippen LogP) is 3.10. The first-order chi connectivity index (χ1) is 12.7. The van der Waals surface area contributed by atoms with Crippen LogP contribution in [0.15, 0.2) is 24.3 Å². The molecule has 1 saturated carbocycles. The number of benzene rings is 1. The Bertz CT molecular complexity index is 655. The van der Waals surface area contributed by atoms with Gasteiger partial charge in [0.25, 0.3) is 0 Å². The van der Waals surface area contributed by atoms with Crippen LogP contribution >= 0.6 is 12.4 Å². The minimum atomic E-state index is -4.79. The summed E-state index contributed by atoms with van der Waals surface area (Å²) in [4.78, 5) is 24.3. The van der Waals surface area contributed by atoms with E-state index in [9.17, 15) is 22.8 Å². The summed E-state index contributed by atoms with van der Waals surface area (Å²) in [6.07, 6.45) is -2.43. The molecule has 0 aliphatic heterocycles. The van der Waals surface area contributed by atoms with Gasteiger partial charge in [-0.15, -0.1) is 25.6 Å². The summed E-state index contributed by atoms with van der Waals surface area (Å²) in [5.74, 6) is -1.28. The maximum absolute atomic E-state index is 12.6. The van der Waals surface area contributed by atoms with Crippen LogP contribution in [-0.2, 0) is 14.3 Å². The minimum absolute atomic E-state index is 0. The van der Waals surface area contributed by atoms with Crippen molar-refractivity contribution in [3.8, 4) is 5.75 Å². The zero-order valence-corrected chi connectivity index (χ0v) is 16.1. The highest BCUT2D eigenvalue weighted by molar-refractivity contribution is 5.85. The standard InChI is InChI=1S/C18H23F3N2O4.ClH/c1-26-16(24)9-15(23-17(25)14-4-2-3-12(14)10-22)11-5-7-13(8-6-11)27-18(19,20)21;/h5-8,12,14-15H,2-4,9-10,22H2,1H3,(H,23,25);1H/t12-,14-,15?;/m1./s1. The van der Waals surface area contributed by atoms with Crippen molar-refractivity contribution in [3.05, 3.63) is 29.8 Å². The molecular formula is C18H24ClF3N2O4. The number of halogens is 4. The fourth-order valence-corrected chi connectivity index (χ4v) is 3.35. The summed E-state index contributed by atoms with van der Waals surface area (Å²) in [7, 11) is 1.23. The Morgan fingerprint density at radius 2 is 1.89 bits per heavy atom. The van der Waals surface area contributed by atoms with Gasteiger partial charge in [-0.3, -0.25) is 9.59 Å². The lowest BCUT2D eigenvalue weighted by Gasteiger charge is -2.23. The monoisotopic (exact) mass is 424 g/mol. The van der Waals surface area contributed by atoms with Crippen molar-refractivity contribution in [2.24, 2.45) is 17.6 Å². The van der Waals surface area contributed by atoms with Gasteiger partial charge in [0.15, 0.2) is 0 Å². The van der Waals surface area contributed by atoms with E-state index in [0.717, 1.165) is 31.4 Å². The lowest BCUT2D eigenvalue weighted by molar-refractivity contribution is -0.274. The molecule has 3 N–H and O–H groups in total. The molecule has 1 amide bonds. The van der Waals surface area contributed by atoms with Crippen LogP contribution in [0.4, 0.5) is 13.2 Å². The Morgan fingerprint density at radius 3 is 2.43 bits per heavy atom. The number of methoxy groups -OCH3 is 1. The Hall–Kier alpha value is -2.00. The van der Waals surface area contributed by atoms with E-state index in [1.165, 1.54) is 19.2 Å². The van der Waals surface area contributed by atoms with Crippen molar-refractivity contribution in [2.75, 3.05) is 13.7 Å². The van der Waals surface area contributed by atoms with Crippen molar-refractivity contribution in [1.82, 2.24) is 5.32 Å². The summed E-state index contributed by atoms with van der Waals surface area (Å²) < 4.78 is 45.3. The molecule has 3 atom stereocenters. The molecule has 1 fully saturated rings. The van der Waals surface area contributed by atoms with Gasteiger partial charge in [0.05, 0.1) is 19.6 Å². The number of esters is 1. The average Bonchev–Trinajstić information content (AvgIpc) is 3.09. The molecular weight excluding hydrogens is 401 g/mol. The van der Waals surface area contributed by atoms with E-state index in [1.54, 1.807) is 0 Å². The van der Waals surface area contributed by atoms with E-state index in [0.29, 0.717) is 12.1 Å². The van der Waals surface area contributed by atoms with Gasteiger partial charge in [0.1, 0.15) is 5.75 Å². The van der Waals surface area contributed by atoms with E-state index in [4.69, 9.17) is 5.73 Å². The summed E-state index contributed by atoms with van der Waals surface area (Å²) in [6.45, 7) is 0.406. The molecule has 0 radical (unpaired) electrons. The van der Waals surface area contributed by atoms with Crippen molar-refractivity contribution >= 4 is 24.3 Å². The SMILES string of the molecule is COC(=O)CC(NC(=O)[C@@H]1CCC[C@@H]1CN)c1ccc(OC(F)(F)F)cc1.Cl. The Balaban J connectivity index is 0.00000392. The maximum Gasteiger partial charge on any atom is 0.573 e. The number of carbonyl (C=O) groups excluding carboxylic acids is 2. The summed E-state index contributed by atoms with van der Waals surface area (Å²) in [5.41, 5.74) is 6.19. The smallest absolute Gasteiger partial charge is 0.469 e. The van der Waals surface area contributed by atoms with E-state index in [-0.39, 0.29) is 42.3 Å². The first kappa shape index (κ1) is 24.0. The van der Waals surface area contributed by atoms with E-state index >= 15 is 0 Å². The second-order valence-corrected chi connectivity index (χ2v) is 6.49. The van der Waals surface area contributed by atoms with Gasteiger partial charge in [0, 0.05) is 5.92 Å². The van der Waals surface area contributed by atoms with Gasteiger partial charge in [-0.1, -0.05) is 18.6 Å². The van der Waals surface area contributed by atoms with Crippen LogP contribution in [0.3, 0.4) is 0 Å². The number of hydrogen-bond acceptors (Lipinski definition) is 5. The minimum Gasteiger partial charge on any atom is -0.469 e. The quantitative estimate of drug-likeness (QED) is 0.656. The number of amides is 1. The number of hydrogen-bond donors (Lipinski definition) is 2. The third-order valence-electron chi connectivity index (χ3n) is 4.73. The second-order valence-electron chi connectivity index (χ2n) is 6.49. The highest BCUT2D eigenvalue weighted by Crippen LogP contribution is 2.32. The Labute approximate surface area is 167 Å². The van der Waals surface area contributed by atoms with E-state index in [2.05, 4.69) is 14.8 Å². The summed E-state index contributed by atoms with van der Waals surface area (Å²) in [5, 5.41) is 2.81. The fraction of sp³-hybridized carbons (Fsp3) is 0.556. The van der Waals surface area contributed by atoms with Crippen molar-refractivity contribution < 1.29 is 32.2 Å². The molecule has 158 valence electrons. The van der Waals surface area contributed by atoms with Crippen LogP contribution in [0, 0.1) is 11.8 Å². The number of nitrogens with two attached hydrogens (primary N) is 1. The van der Waals surface area contributed by atoms with Gasteiger partial charge in [-0.05, 0) is 43.0 Å². The van der Waals surface area contributed by atoms with Gasteiger partial charge in [0.2, 0.25) is 5.91 Å². The number of rotatable bonds is 7. The van der Waals surface area contributed by atoms with E-state index < -0.39 is 18.4 Å². The zero-order chi connectivity index (χ0) is 20.0. The average molecular weight is 425 g/mol. The molecule has 0 aromatic heterocycles. The van der Waals surface area contributed by atoms with Crippen molar-refractivity contribution in [3.63, 3.8) is 0 Å². The van der Waals surface area contributed by atoms with Crippen LogP contribution in [0.1, 0.15) is 37.3 Å². The first-order valence-electron chi connectivity index (χ1n) is 8.66. The molecule has 6 nitrogen and oxygen atoms in total. The Morgan fingerprint density at radius 1 is 1.25 bits per heavy atom. The normalized spacial score (nSPS) is 20.0. The third-order valence-corrected chi connectivity index (χ3v) is 4.73. The Kier molecular flexibility index (Phi) is 9.03. The summed E-state index contributed by atoms with van der Waals surface area (Å²) >= 11 is 0. The molecule has 28 heavy (non-hydrogen) atoms. The van der Waals surface area contributed by atoms with Gasteiger partial charge in [-0.25, -0.2) is 0 Å². The molecule has 0 spiro atoms. The molecule has 0 heterocycles. The number of nitrogens with one attached hydrogen (secondary N) is 1. The van der Waals surface area contributed by atoms with Crippen LogP contribution in [0.25, 0.3) is 0 Å². The summed E-state index contributed by atoms with van der Waals surface area (Å²) in [6, 6.07) is 4.31. The second kappa shape index (κ2) is 10.5. The number of carbonyl (C=O) groups is 2. The van der Waals surface area contributed by atoms with Crippen molar-refractivity contribution in [1.29, 1.82) is 0 Å². The highest BCUT2D eigenvalue weighted by atomic mass is 35.5. The highest BCUT2D eigenvalue weighted by Gasteiger charge is 2.34. The molecule has 0 saturated heterocycles. The largest absolute Gasteiger partial charge is 0.573 e. The molecule has 10 heteroatoms. The number of alkyl halides is 3. The van der Waals surface area contributed by atoms with Crippen LogP contribution in [0.5, 0.6) is 5.75 Å². The maximum atomic E-state index is 12.6. The molecule has 1 aliphatic rings. The van der Waals surface area contributed by atoms with Crippen molar-refractivity contribution in [2.45, 2.75) is 38.1 Å². The van der Waals surface area contributed by atoms with Crippen LogP contribution < -0.4 is 15.8 Å². The van der Waals surface area contributed by atoms with Gasteiger partial charge >= 0.3 is 12.3 Å². The van der Waals surface area contributed by atoms with Crippen LogP contribution in [-0.4, -0.2) is 31.9 Å². The molecule has 1 aromatic rings. The zero-order valence-electron chi connectivity index (χ0n) is 15.3. The lowest BCUT2D eigenvalue weighted by Crippen LogP contribution is -2.38. The lowest BCUT2D eigenvalue weighted by atomic mass is 9.94. The van der Waals surface area contributed by atoms with Gasteiger partial charge in [-0.2, -0.15) is 0 Å². The molecule has 2 rings (SSSR count). The fourth-order valence-electron chi connectivity index (χ4n) is 3.35. The predicted molar refractivity (Wildman–Crippen MR) is 97.8 cm³/mol.